The summed E-state index contributed by atoms with van der Waals surface area (Å²) in [6.45, 7) is 0. The summed E-state index contributed by atoms with van der Waals surface area (Å²) >= 11 is 0. The van der Waals surface area contributed by atoms with Gasteiger partial charge in [-0.15, -0.1) is 0 Å². The summed E-state index contributed by atoms with van der Waals surface area (Å²) in [7, 11) is 0. The lowest BCUT2D eigenvalue weighted by molar-refractivity contribution is -0.137. The number of ether oxygens (including phenoxy) is 2. The zero-order valence-corrected chi connectivity index (χ0v) is 10.5. The van der Waals surface area contributed by atoms with Gasteiger partial charge in [0.1, 0.15) is 0 Å². The molecule has 2 aromatic carbocycles. The lowest BCUT2D eigenvalue weighted by Gasteiger charge is -2.24. The third kappa shape index (κ3) is 2.19. The van der Waals surface area contributed by atoms with Crippen LogP contribution >= 0.6 is 0 Å². The minimum absolute atomic E-state index is 0.0734. The topological polar surface area (TPSA) is 79.6 Å². The molecule has 0 saturated carbocycles. The first kappa shape index (κ1) is 12.5. The highest BCUT2D eigenvalue weighted by Crippen LogP contribution is 2.46. The molecule has 102 valence electrons. The lowest BCUT2D eigenvalue weighted by Crippen LogP contribution is -2.18. The van der Waals surface area contributed by atoms with E-state index in [-0.39, 0.29) is 6.42 Å². The van der Waals surface area contributed by atoms with Gasteiger partial charge in [0.2, 0.25) is 0 Å². The Hall–Kier alpha value is -2.53. The Bertz CT molecular complexity index is 669. The van der Waals surface area contributed by atoms with E-state index in [0.29, 0.717) is 28.6 Å². The maximum absolute atomic E-state index is 10.8. The molecule has 0 bridgehead atoms. The van der Waals surface area contributed by atoms with E-state index in [0.717, 1.165) is 0 Å². The van der Waals surface area contributed by atoms with Crippen LogP contribution in [0.4, 0.5) is 0 Å². The number of aliphatic carboxylic acids is 1. The molecule has 3 rings (SSSR count). The molecule has 0 spiro atoms. The summed E-state index contributed by atoms with van der Waals surface area (Å²) in [6.07, 6.45) is 0.0734. The zero-order chi connectivity index (χ0) is 14.1. The van der Waals surface area contributed by atoms with Gasteiger partial charge in [0.15, 0.2) is 23.0 Å². The van der Waals surface area contributed by atoms with E-state index in [9.17, 15) is 4.79 Å². The highest BCUT2D eigenvalue weighted by atomic mass is 16.6. The first-order valence-electron chi connectivity index (χ1n) is 6.15. The monoisotopic (exact) mass is 270 g/mol. The Morgan fingerprint density at radius 3 is 2.40 bits per heavy atom. The molecule has 0 saturated heterocycles. The fourth-order valence-electron chi connectivity index (χ4n) is 2.07. The van der Waals surface area contributed by atoms with Crippen LogP contribution in [0.2, 0.25) is 0 Å². The first-order chi connectivity index (χ1) is 9.65. The molecular formula is C15H12NO4-. The third-order valence-electron chi connectivity index (χ3n) is 3.06. The molecule has 0 amide bonds. The maximum Gasteiger partial charge on any atom is 0.285 e. The van der Waals surface area contributed by atoms with Crippen molar-refractivity contribution in [1.82, 2.24) is 0 Å². The van der Waals surface area contributed by atoms with Crippen LogP contribution in [-0.2, 0) is 11.2 Å². The molecular weight excluding hydrogens is 258 g/mol. The molecule has 0 unspecified atom stereocenters. The summed E-state index contributed by atoms with van der Waals surface area (Å²) < 4.78 is 11.5. The smallest absolute Gasteiger partial charge is 0.285 e. The molecule has 0 aromatic heterocycles. The van der Waals surface area contributed by atoms with Gasteiger partial charge in [-0.1, -0.05) is 24.3 Å². The fraction of sp³-hybridized carbons (Fsp3) is 0.133. The normalized spacial score (nSPS) is 13.4. The van der Waals surface area contributed by atoms with Gasteiger partial charge in [0.05, 0.1) is 0 Å². The largest absolute Gasteiger partial charge is 0.665 e. The van der Waals surface area contributed by atoms with Crippen LogP contribution in [0.1, 0.15) is 5.56 Å². The molecule has 2 aromatic rings. The highest BCUT2D eigenvalue weighted by molar-refractivity contribution is 5.76. The molecule has 20 heavy (non-hydrogen) atoms. The molecule has 0 radical (unpaired) electrons. The number of nitrogens with one attached hydrogen (secondary N) is 1. The maximum atomic E-state index is 10.8. The van der Waals surface area contributed by atoms with Gasteiger partial charge in [-0.2, -0.15) is 0 Å². The summed E-state index contributed by atoms with van der Waals surface area (Å²) in [5.74, 6) is 1.09. The summed E-state index contributed by atoms with van der Waals surface area (Å²) in [6, 6.07) is 11.3. The van der Waals surface area contributed by atoms with Gasteiger partial charge in [-0.3, -0.25) is 4.79 Å². The van der Waals surface area contributed by atoms with Gasteiger partial charge in [-0.25, -0.2) is 0 Å². The Morgan fingerprint density at radius 1 is 1.05 bits per heavy atom. The molecule has 1 aliphatic heterocycles. The van der Waals surface area contributed by atoms with Crippen LogP contribution in [0, 0.1) is 0 Å². The Morgan fingerprint density at radius 2 is 1.70 bits per heavy atom. The number of hydrogen-bond acceptors (Lipinski definition) is 3. The summed E-state index contributed by atoms with van der Waals surface area (Å²) in [5.41, 5.74) is 8.18. The number of para-hydroxylation sites is 3. The van der Waals surface area contributed by atoms with Crippen LogP contribution in [0.15, 0.2) is 42.5 Å². The predicted molar refractivity (Wildman–Crippen MR) is 72.5 cm³/mol. The number of carboxylic acid groups (broad SMARTS) is 1. The van der Waals surface area contributed by atoms with Crippen molar-refractivity contribution in [2.45, 2.75) is 12.5 Å². The van der Waals surface area contributed by atoms with Gasteiger partial charge in [0, 0.05) is 0 Å². The van der Waals surface area contributed by atoms with Crippen molar-refractivity contribution in [1.29, 1.82) is 0 Å². The van der Waals surface area contributed by atoms with Crippen LogP contribution in [0.5, 0.6) is 23.0 Å². The number of fused-ring (bicyclic) bond motifs is 2. The Kier molecular flexibility index (Phi) is 3.04. The quantitative estimate of drug-likeness (QED) is 0.788. The van der Waals surface area contributed by atoms with Gasteiger partial charge >= 0.3 is 0 Å². The lowest BCUT2D eigenvalue weighted by atomic mass is 10.0. The molecule has 1 atom stereocenters. The van der Waals surface area contributed by atoms with Crippen molar-refractivity contribution in [3.8, 4) is 23.0 Å². The SMILES string of the molecule is [NH-][C@@H](Cc1cccc2c1Oc1ccccc1O2)C(=O)O. The van der Waals surface area contributed by atoms with Crippen LogP contribution in [0.3, 0.4) is 0 Å². The van der Waals surface area contributed by atoms with Crippen molar-refractivity contribution in [2.24, 2.45) is 0 Å². The second-order valence-corrected chi connectivity index (χ2v) is 4.49. The minimum Gasteiger partial charge on any atom is -0.665 e. The predicted octanol–water partition coefficient (Wildman–Crippen LogP) is 3.63. The standard InChI is InChI=1S/C15H12NO4/c16-10(15(17)18)8-9-4-3-7-13-14(9)20-12-6-2-1-5-11(12)19-13/h1-7,10,16H,8H2,(H,17,18)/q-1/t10-/m0/s1. The van der Waals surface area contributed by atoms with E-state index >= 15 is 0 Å². The van der Waals surface area contributed by atoms with Gasteiger partial charge < -0.3 is 20.3 Å². The van der Waals surface area contributed by atoms with E-state index < -0.39 is 12.0 Å². The molecule has 5 nitrogen and oxygen atoms in total. The highest BCUT2D eigenvalue weighted by Gasteiger charge is 2.21. The average molecular weight is 270 g/mol. The number of carbonyl (C=O) groups is 1. The van der Waals surface area contributed by atoms with Crippen molar-refractivity contribution in [3.05, 3.63) is 53.8 Å². The second kappa shape index (κ2) is 4.86. The number of carboxylic acids is 1. The van der Waals surface area contributed by atoms with Crippen molar-refractivity contribution >= 4 is 5.97 Å². The minimum atomic E-state index is -1.22. The Balaban J connectivity index is 1.96. The zero-order valence-electron chi connectivity index (χ0n) is 10.5. The summed E-state index contributed by atoms with van der Waals surface area (Å²) in [5, 5.41) is 8.85. The average Bonchev–Trinajstić information content (AvgIpc) is 2.45. The van der Waals surface area contributed by atoms with E-state index in [1.54, 1.807) is 30.3 Å². The van der Waals surface area contributed by atoms with Crippen molar-refractivity contribution in [3.63, 3.8) is 0 Å². The van der Waals surface area contributed by atoms with Crippen LogP contribution in [-0.4, -0.2) is 17.1 Å². The van der Waals surface area contributed by atoms with Crippen LogP contribution in [0.25, 0.3) is 5.73 Å². The molecule has 1 aliphatic rings. The van der Waals surface area contributed by atoms with E-state index in [1.807, 2.05) is 12.1 Å². The van der Waals surface area contributed by atoms with Crippen LogP contribution < -0.4 is 9.47 Å². The number of hydrogen-bond donors (Lipinski definition) is 1. The Labute approximate surface area is 115 Å². The third-order valence-corrected chi connectivity index (χ3v) is 3.06. The molecule has 2 N–H and O–H groups in total. The van der Waals surface area contributed by atoms with E-state index in [2.05, 4.69) is 0 Å². The molecule has 1 heterocycles. The molecule has 0 aliphatic carbocycles. The van der Waals surface area contributed by atoms with Crippen molar-refractivity contribution < 1.29 is 19.4 Å². The number of benzene rings is 2. The fourth-order valence-corrected chi connectivity index (χ4v) is 2.07. The number of rotatable bonds is 3. The van der Waals surface area contributed by atoms with Gasteiger partial charge in [-0.05, 0) is 36.2 Å². The second-order valence-electron chi connectivity index (χ2n) is 4.49. The van der Waals surface area contributed by atoms with E-state index in [1.165, 1.54) is 0 Å². The molecule has 0 fully saturated rings. The summed E-state index contributed by atoms with van der Waals surface area (Å²) in [4.78, 5) is 10.8. The first-order valence-corrected chi connectivity index (χ1v) is 6.15. The van der Waals surface area contributed by atoms with E-state index in [4.69, 9.17) is 20.3 Å². The van der Waals surface area contributed by atoms with Crippen molar-refractivity contribution in [2.75, 3.05) is 0 Å². The molecule has 5 heteroatoms. The van der Waals surface area contributed by atoms with Gasteiger partial charge in [0.25, 0.3) is 5.97 Å².